The molecule has 2 heterocycles. The highest BCUT2D eigenvalue weighted by atomic mass is 16.5. The molecule has 1 saturated carbocycles. The van der Waals surface area contributed by atoms with Gasteiger partial charge in [0, 0.05) is 25.0 Å². The Morgan fingerprint density at radius 3 is 2.09 bits per heavy atom. The van der Waals surface area contributed by atoms with Crippen molar-refractivity contribution in [1.29, 1.82) is 0 Å². The van der Waals surface area contributed by atoms with Crippen LogP contribution in [0.1, 0.15) is 96.6 Å². The average molecular weight is 744 g/mol. The molecule has 2 aromatic carbocycles. The number of hydrogen-bond acceptors (Lipinski definition) is 8. The first-order chi connectivity index (χ1) is 25.9. The summed E-state index contributed by atoms with van der Waals surface area (Å²) in [5, 5.41) is 7.83. The molecular formula is C41H57N7O6. The highest BCUT2D eigenvalue weighted by Gasteiger charge is 2.38. The van der Waals surface area contributed by atoms with E-state index in [-0.39, 0.29) is 47.7 Å². The lowest BCUT2D eigenvalue weighted by molar-refractivity contribution is -0.135. The van der Waals surface area contributed by atoms with Gasteiger partial charge in [0.2, 0.25) is 11.8 Å². The number of hydrazine groups is 1. The highest BCUT2D eigenvalue weighted by Crippen LogP contribution is 2.34. The summed E-state index contributed by atoms with van der Waals surface area (Å²) in [5.74, 6) is 0.543. The molecule has 5 atom stereocenters. The number of nitrogens with one attached hydrogen (secondary N) is 4. The minimum atomic E-state index is -0.684. The number of methoxy groups -OCH3 is 2. The van der Waals surface area contributed by atoms with E-state index in [2.05, 4.69) is 74.6 Å². The van der Waals surface area contributed by atoms with Crippen LogP contribution in [0, 0.1) is 17.8 Å². The number of aromatic amines is 1. The van der Waals surface area contributed by atoms with Crippen molar-refractivity contribution in [3.05, 3.63) is 66.1 Å². The summed E-state index contributed by atoms with van der Waals surface area (Å²) in [5.41, 5.74) is 7.80. The van der Waals surface area contributed by atoms with Crippen molar-refractivity contribution < 1.29 is 28.7 Å². The van der Waals surface area contributed by atoms with Gasteiger partial charge in [-0.15, -0.1) is 0 Å². The Balaban J connectivity index is 1.19. The molecule has 2 unspecified atom stereocenters. The van der Waals surface area contributed by atoms with Gasteiger partial charge in [-0.1, -0.05) is 75.2 Å². The van der Waals surface area contributed by atoms with Crippen LogP contribution in [0.15, 0.2) is 54.7 Å². The molecule has 0 bridgehead atoms. The van der Waals surface area contributed by atoms with E-state index in [0.717, 1.165) is 72.3 Å². The molecule has 3 aromatic rings. The number of benzene rings is 2. The van der Waals surface area contributed by atoms with Crippen LogP contribution in [-0.2, 0) is 19.1 Å². The molecule has 5 rings (SSSR count). The van der Waals surface area contributed by atoms with E-state index in [1.54, 1.807) is 6.20 Å². The minimum absolute atomic E-state index is 0.0539. The Labute approximate surface area is 318 Å². The number of carbonyl (C=O) groups is 4. The molecular weight excluding hydrogens is 686 g/mol. The standard InChI is InChI=1S/C41H57N7O6/c1-25(2)36(45-40(51)53-6)39(50)47-22-10-13-35(47)37-42-23-34(44-37)31-20-18-30(19-21-31)29-16-14-28(15-17-29)27(5)43-38(49)33-12-9-8-11-32(33)24-48(26(3)4)46-41(52)54-7/h14-21,23,25-27,32-33,35-36H,8-13,22,24H2,1-7H3,(H,42,44)(H,43,49)(H,45,51)(H,46,52)/t27-,32?,33?,35-,36-/m0/s1. The zero-order chi connectivity index (χ0) is 38.9. The summed E-state index contributed by atoms with van der Waals surface area (Å²) in [6.07, 6.45) is 6.16. The fourth-order valence-corrected chi connectivity index (χ4v) is 7.63. The fourth-order valence-electron chi connectivity index (χ4n) is 7.63. The van der Waals surface area contributed by atoms with Gasteiger partial charge in [-0.2, -0.15) is 0 Å². The lowest BCUT2D eigenvalue weighted by Gasteiger charge is -2.36. The second-order valence-electron chi connectivity index (χ2n) is 15.2. The third-order valence-corrected chi connectivity index (χ3v) is 10.9. The molecule has 1 aliphatic carbocycles. The number of ether oxygens (including phenoxy) is 2. The van der Waals surface area contributed by atoms with Crippen LogP contribution in [0.5, 0.6) is 0 Å². The molecule has 4 amide bonds. The zero-order valence-electron chi connectivity index (χ0n) is 32.7. The van der Waals surface area contributed by atoms with E-state index in [4.69, 9.17) is 9.47 Å². The number of hydrogen-bond donors (Lipinski definition) is 4. The number of imidazole rings is 1. The van der Waals surface area contributed by atoms with Crippen molar-refractivity contribution in [3.63, 3.8) is 0 Å². The maximum Gasteiger partial charge on any atom is 0.421 e. The van der Waals surface area contributed by atoms with Gasteiger partial charge >= 0.3 is 12.2 Å². The van der Waals surface area contributed by atoms with E-state index in [9.17, 15) is 19.2 Å². The van der Waals surface area contributed by atoms with E-state index < -0.39 is 18.2 Å². The van der Waals surface area contributed by atoms with Gasteiger partial charge in [-0.3, -0.25) is 15.0 Å². The van der Waals surface area contributed by atoms with Gasteiger partial charge < -0.3 is 30.0 Å². The number of carbonyl (C=O) groups excluding carboxylic acids is 4. The molecule has 13 heteroatoms. The molecule has 1 saturated heterocycles. The molecule has 292 valence electrons. The first-order valence-electron chi connectivity index (χ1n) is 19.2. The number of aromatic nitrogens is 2. The Morgan fingerprint density at radius 2 is 1.46 bits per heavy atom. The van der Waals surface area contributed by atoms with Gasteiger partial charge in [0.05, 0.1) is 38.2 Å². The number of nitrogens with zero attached hydrogens (tertiary/aromatic N) is 3. The van der Waals surface area contributed by atoms with Crippen LogP contribution in [0.4, 0.5) is 9.59 Å². The van der Waals surface area contributed by atoms with Crippen LogP contribution in [-0.4, -0.2) is 83.3 Å². The van der Waals surface area contributed by atoms with Crippen molar-refractivity contribution in [2.45, 2.75) is 97.3 Å². The summed E-state index contributed by atoms with van der Waals surface area (Å²) in [6, 6.07) is 15.6. The Bertz CT molecular complexity index is 1720. The molecule has 1 aromatic heterocycles. The molecule has 0 radical (unpaired) electrons. The number of amides is 4. The zero-order valence-corrected chi connectivity index (χ0v) is 32.7. The Kier molecular flexibility index (Phi) is 13.7. The minimum Gasteiger partial charge on any atom is -0.453 e. The summed E-state index contributed by atoms with van der Waals surface area (Å²) >= 11 is 0. The third kappa shape index (κ3) is 9.79. The lowest BCUT2D eigenvalue weighted by Crippen LogP contribution is -2.51. The lowest BCUT2D eigenvalue weighted by atomic mass is 9.78. The maximum atomic E-state index is 13.6. The second-order valence-corrected chi connectivity index (χ2v) is 15.2. The van der Waals surface area contributed by atoms with Crippen molar-refractivity contribution in [1.82, 2.24) is 35.9 Å². The quantitative estimate of drug-likeness (QED) is 0.140. The smallest absolute Gasteiger partial charge is 0.421 e. The first-order valence-corrected chi connectivity index (χ1v) is 19.2. The van der Waals surface area contributed by atoms with Gasteiger partial charge in [0.15, 0.2) is 0 Å². The van der Waals surface area contributed by atoms with Gasteiger partial charge in [-0.05, 0) is 80.5 Å². The van der Waals surface area contributed by atoms with Crippen LogP contribution < -0.4 is 16.1 Å². The molecule has 4 N–H and O–H groups in total. The molecule has 54 heavy (non-hydrogen) atoms. The summed E-state index contributed by atoms with van der Waals surface area (Å²) in [7, 11) is 2.64. The molecule has 1 aliphatic heterocycles. The number of alkyl carbamates (subject to hydrolysis) is 1. The van der Waals surface area contributed by atoms with E-state index in [1.165, 1.54) is 14.2 Å². The van der Waals surface area contributed by atoms with E-state index >= 15 is 0 Å². The maximum absolute atomic E-state index is 13.6. The van der Waals surface area contributed by atoms with Crippen molar-refractivity contribution >= 4 is 24.0 Å². The van der Waals surface area contributed by atoms with Gasteiger partial charge in [-0.25, -0.2) is 19.6 Å². The van der Waals surface area contributed by atoms with Crippen molar-refractivity contribution in [2.75, 3.05) is 27.3 Å². The summed E-state index contributed by atoms with van der Waals surface area (Å²) < 4.78 is 9.56. The monoisotopic (exact) mass is 743 g/mol. The molecule has 13 nitrogen and oxygen atoms in total. The molecule has 0 spiro atoms. The molecule has 2 aliphatic rings. The van der Waals surface area contributed by atoms with Crippen molar-refractivity contribution in [2.24, 2.45) is 17.8 Å². The highest BCUT2D eigenvalue weighted by molar-refractivity contribution is 5.86. The predicted octanol–water partition coefficient (Wildman–Crippen LogP) is 6.75. The third-order valence-electron chi connectivity index (χ3n) is 10.9. The molecule has 2 fully saturated rings. The topological polar surface area (TPSA) is 158 Å². The van der Waals surface area contributed by atoms with Crippen LogP contribution in [0.25, 0.3) is 22.4 Å². The number of rotatable bonds is 13. The van der Waals surface area contributed by atoms with Gasteiger partial charge in [0.1, 0.15) is 11.9 Å². The van der Waals surface area contributed by atoms with E-state index in [1.807, 2.05) is 44.5 Å². The first kappa shape index (κ1) is 40.3. The SMILES string of the molecule is COC(=O)N[C@H](C(=O)N1CCC[C@H]1c1ncc(-c2ccc(-c3ccc([C@H](C)NC(=O)C4CCCCC4CN(NC(=O)OC)C(C)C)cc3)cc2)[nH]1)C(C)C. The number of H-pyrrole nitrogens is 1. The average Bonchev–Trinajstić information content (AvgIpc) is 3.87. The van der Waals surface area contributed by atoms with Crippen LogP contribution in [0.3, 0.4) is 0 Å². The fraction of sp³-hybridized carbons (Fsp3) is 0.537. The normalized spacial score (nSPS) is 19.7. The number of likely N-dealkylation sites (tertiary alicyclic amines) is 1. The van der Waals surface area contributed by atoms with Crippen LogP contribution >= 0.6 is 0 Å². The second kappa shape index (κ2) is 18.4. The summed E-state index contributed by atoms with van der Waals surface area (Å²) in [4.78, 5) is 60.9. The van der Waals surface area contributed by atoms with Crippen molar-refractivity contribution in [3.8, 4) is 22.4 Å². The summed E-state index contributed by atoms with van der Waals surface area (Å²) in [6.45, 7) is 11.0. The van der Waals surface area contributed by atoms with Gasteiger partial charge in [0.25, 0.3) is 0 Å². The predicted molar refractivity (Wildman–Crippen MR) is 207 cm³/mol. The Morgan fingerprint density at radius 1 is 0.833 bits per heavy atom. The largest absolute Gasteiger partial charge is 0.453 e. The van der Waals surface area contributed by atoms with E-state index in [0.29, 0.717) is 13.1 Å². The van der Waals surface area contributed by atoms with Crippen LogP contribution in [0.2, 0.25) is 0 Å². The Hall–Kier alpha value is -4.91.